The van der Waals surface area contributed by atoms with Gasteiger partial charge < -0.3 is 4.98 Å². The SMILES string of the molecule is CCCSc1cnc[nH]1. The van der Waals surface area contributed by atoms with E-state index < -0.39 is 0 Å². The summed E-state index contributed by atoms with van der Waals surface area (Å²) in [4.78, 5) is 6.92. The summed E-state index contributed by atoms with van der Waals surface area (Å²) in [7, 11) is 0. The van der Waals surface area contributed by atoms with Crippen LogP contribution in [0.25, 0.3) is 0 Å². The Morgan fingerprint density at radius 3 is 3.22 bits per heavy atom. The lowest BCUT2D eigenvalue weighted by Gasteiger charge is -1.90. The first kappa shape index (κ1) is 6.68. The molecule has 0 amide bonds. The number of hydrogen-bond acceptors (Lipinski definition) is 2. The van der Waals surface area contributed by atoms with Crippen LogP contribution < -0.4 is 0 Å². The average Bonchev–Trinajstić information content (AvgIpc) is 2.34. The minimum Gasteiger partial charge on any atom is -0.340 e. The number of nitrogens with zero attached hydrogens (tertiary/aromatic N) is 1. The molecule has 1 aromatic heterocycles. The number of H-pyrrole nitrogens is 1. The number of rotatable bonds is 3. The van der Waals surface area contributed by atoms with Gasteiger partial charge in [-0.1, -0.05) is 6.92 Å². The van der Waals surface area contributed by atoms with E-state index in [0.29, 0.717) is 0 Å². The molecule has 1 heterocycles. The van der Waals surface area contributed by atoms with E-state index in [0.717, 1.165) is 5.03 Å². The molecule has 0 saturated heterocycles. The third-order valence-electron chi connectivity index (χ3n) is 0.935. The zero-order chi connectivity index (χ0) is 6.53. The molecule has 0 atom stereocenters. The highest BCUT2D eigenvalue weighted by Crippen LogP contribution is 2.13. The van der Waals surface area contributed by atoms with Crippen LogP contribution in [-0.4, -0.2) is 15.7 Å². The topological polar surface area (TPSA) is 28.7 Å². The van der Waals surface area contributed by atoms with Crippen LogP contribution >= 0.6 is 11.8 Å². The van der Waals surface area contributed by atoms with E-state index in [2.05, 4.69) is 16.9 Å². The third kappa shape index (κ3) is 2.10. The lowest BCUT2D eigenvalue weighted by Crippen LogP contribution is -1.73. The molecule has 0 fully saturated rings. The van der Waals surface area contributed by atoms with Crippen molar-refractivity contribution in [2.24, 2.45) is 0 Å². The van der Waals surface area contributed by atoms with E-state index in [1.807, 2.05) is 18.0 Å². The zero-order valence-corrected chi connectivity index (χ0v) is 6.24. The van der Waals surface area contributed by atoms with Crippen LogP contribution in [0.4, 0.5) is 0 Å². The Morgan fingerprint density at radius 2 is 2.67 bits per heavy atom. The van der Waals surface area contributed by atoms with Crippen molar-refractivity contribution in [1.29, 1.82) is 0 Å². The molecule has 2 nitrogen and oxygen atoms in total. The molecule has 0 aliphatic carbocycles. The van der Waals surface area contributed by atoms with Crippen LogP contribution in [0.2, 0.25) is 0 Å². The Labute approximate surface area is 59.1 Å². The van der Waals surface area contributed by atoms with Crippen molar-refractivity contribution in [2.45, 2.75) is 18.4 Å². The van der Waals surface area contributed by atoms with Gasteiger partial charge in [0.25, 0.3) is 0 Å². The van der Waals surface area contributed by atoms with Crippen molar-refractivity contribution in [3.8, 4) is 0 Å². The predicted octanol–water partition coefficient (Wildman–Crippen LogP) is 1.91. The zero-order valence-electron chi connectivity index (χ0n) is 5.42. The molecule has 0 saturated carbocycles. The molecule has 9 heavy (non-hydrogen) atoms. The minimum atomic E-state index is 1.16. The van der Waals surface area contributed by atoms with Gasteiger partial charge in [0.15, 0.2) is 0 Å². The first-order chi connectivity index (χ1) is 4.43. The van der Waals surface area contributed by atoms with Crippen molar-refractivity contribution >= 4 is 11.8 Å². The van der Waals surface area contributed by atoms with Crippen LogP contribution in [0.5, 0.6) is 0 Å². The van der Waals surface area contributed by atoms with Gasteiger partial charge in [-0.25, -0.2) is 4.98 Å². The molecule has 0 aliphatic rings. The molecule has 0 aromatic carbocycles. The quantitative estimate of drug-likeness (QED) is 0.653. The summed E-state index contributed by atoms with van der Waals surface area (Å²) < 4.78 is 0. The van der Waals surface area contributed by atoms with Crippen LogP contribution in [-0.2, 0) is 0 Å². The molecule has 0 spiro atoms. The van der Waals surface area contributed by atoms with Crippen molar-refractivity contribution in [2.75, 3.05) is 5.75 Å². The summed E-state index contributed by atoms with van der Waals surface area (Å²) in [5.41, 5.74) is 0. The maximum atomic E-state index is 3.90. The normalized spacial score (nSPS) is 9.89. The smallest absolute Gasteiger partial charge is 0.0928 e. The summed E-state index contributed by atoms with van der Waals surface area (Å²) >= 11 is 1.81. The van der Waals surface area contributed by atoms with Crippen LogP contribution in [0.15, 0.2) is 17.6 Å². The second kappa shape index (κ2) is 3.56. The van der Waals surface area contributed by atoms with E-state index in [-0.39, 0.29) is 0 Å². The number of nitrogens with one attached hydrogen (secondary N) is 1. The summed E-state index contributed by atoms with van der Waals surface area (Å²) in [5.74, 6) is 1.17. The lowest BCUT2D eigenvalue weighted by atomic mass is 10.6. The van der Waals surface area contributed by atoms with Gasteiger partial charge in [0.05, 0.1) is 17.6 Å². The third-order valence-corrected chi connectivity index (χ3v) is 2.08. The maximum Gasteiger partial charge on any atom is 0.0928 e. The van der Waals surface area contributed by atoms with E-state index >= 15 is 0 Å². The van der Waals surface area contributed by atoms with Gasteiger partial charge >= 0.3 is 0 Å². The van der Waals surface area contributed by atoms with Gasteiger partial charge in [-0.2, -0.15) is 0 Å². The Morgan fingerprint density at radius 1 is 1.78 bits per heavy atom. The van der Waals surface area contributed by atoms with Crippen molar-refractivity contribution in [1.82, 2.24) is 9.97 Å². The Kier molecular flexibility index (Phi) is 2.64. The Hall–Kier alpha value is -0.440. The van der Waals surface area contributed by atoms with Gasteiger partial charge in [0.2, 0.25) is 0 Å². The molecule has 1 rings (SSSR count). The molecule has 0 aliphatic heterocycles. The maximum absolute atomic E-state index is 3.90. The summed E-state index contributed by atoms with van der Waals surface area (Å²) in [5, 5.41) is 1.16. The fourth-order valence-corrected chi connectivity index (χ4v) is 1.23. The predicted molar refractivity (Wildman–Crippen MR) is 39.6 cm³/mol. The number of hydrogen-bond donors (Lipinski definition) is 1. The van der Waals surface area contributed by atoms with Crippen molar-refractivity contribution < 1.29 is 0 Å². The van der Waals surface area contributed by atoms with Crippen molar-refractivity contribution in [3.63, 3.8) is 0 Å². The van der Waals surface area contributed by atoms with Gasteiger partial charge in [-0.3, -0.25) is 0 Å². The van der Waals surface area contributed by atoms with Gasteiger partial charge in [-0.15, -0.1) is 11.8 Å². The van der Waals surface area contributed by atoms with Gasteiger partial charge in [-0.05, 0) is 12.2 Å². The molecule has 0 bridgehead atoms. The lowest BCUT2D eigenvalue weighted by molar-refractivity contribution is 1.09. The molecule has 1 aromatic rings. The molecular weight excluding hydrogens is 132 g/mol. The first-order valence-electron chi connectivity index (χ1n) is 3.04. The van der Waals surface area contributed by atoms with Crippen LogP contribution in [0, 0.1) is 0 Å². The fourth-order valence-electron chi connectivity index (χ4n) is 0.534. The number of thioether (sulfide) groups is 1. The number of aromatic nitrogens is 2. The second-order valence-corrected chi connectivity index (χ2v) is 2.90. The number of aromatic amines is 1. The average molecular weight is 142 g/mol. The first-order valence-corrected chi connectivity index (χ1v) is 4.03. The van der Waals surface area contributed by atoms with Gasteiger partial charge in [0.1, 0.15) is 0 Å². The van der Waals surface area contributed by atoms with Crippen LogP contribution in [0.3, 0.4) is 0 Å². The monoisotopic (exact) mass is 142 g/mol. The molecular formula is C6H10N2S. The van der Waals surface area contributed by atoms with Crippen molar-refractivity contribution in [3.05, 3.63) is 12.5 Å². The van der Waals surface area contributed by atoms with Crippen LogP contribution in [0.1, 0.15) is 13.3 Å². The van der Waals surface area contributed by atoms with E-state index in [1.54, 1.807) is 6.33 Å². The van der Waals surface area contributed by atoms with E-state index in [4.69, 9.17) is 0 Å². The minimum absolute atomic E-state index is 1.16. The molecule has 0 unspecified atom stereocenters. The summed E-state index contributed by atoms with van der Waals surface area (Å²) in [6.07, 6.45) is 4.77. The molecule has 0 radical (unpaired) electrons. The summed E-state index contributed by atoms with van der Waals surface area (Å²) in [6.45, 7) is 2.17. The molecule has 1 N–H and O–H groups in total. The summed E-state index contributed by atoms with van der Waals surface area (Å²) in [6, 6.07) is 0. The highest BCUT2D eigenvalue weighted by Gasteiger charge is 1.89. The highest BCUT2D eigenvalue weighted by atomic mass is 32.2. The van der Waals surface area contributed by atoms with E-state index in [1.165, 1.54) is 12.2 Å². The second-order valence-electron chi connectivity index (χ2n) is 1.76. The molecule has 3 heteroatoms. The Bertz CT molecular complexity index is 148. The highest BCUT2D eigenvalue weighted by molar-refractivity contribution is 7.99. The fraction of sp³-hybridized carbons (Fsp3) is 0.500. The number of imidazole rings is 1. The van der Waals surface area contributed by atoms with Gasteiger partial charge in [0, 0.05) is 0 Å². The Balaban J connectivity index is 2.30. The largest absolute Gasteiger partial charge is 0.340 e. The van der Waals surface area contributed by atoms with E-state index in [9.17, 15) is 0 Å². The molecule has 50 valence electrons. The standard InChI is InChI=1S/C6H10N2S/c1-2-3-9-6-4-7-5-8-6/h4-5H,2-3H2,1H3,(H,7,8).